The third-order valence-corrected chi connectivity index (χ3v) is 2.17. The van der Waals surface area contributed by atoms with Gasteiger partial charge in [-0.2, -0.15) is 0 Å². The van der Waals surface area contributed by atoms with Gasteiger partial charge in [0.2, 0.25) is 6.29 Å². The first kappa shape index (κ1) is 17.6. The second-order valence-corrected chi connectivity index (χ2v) is 3.56. The number of rotatable bonds is 8. The van der Waals surface area contributed by atoms with Crippen molar-refractivity contribution in [2.75, 3.05) is 0 Å². The third-order valence-electron chi connectivity index (χ3n) is 2.17. The quantitative estimate of drug-likeness (QED) is 0.236. The van der Waals surface area contributed by atoms with Crippen LogP contribution in [0.3, 0.4) is 0 Å². The Morgan fingerprint density at radius 3 is 2.55 bits per heavy atom. The van der Waals surface area contributed by atoms with Gasteiger partial charge in [0.15, 0.2) is 0 Å². The monoisotopic (exact) mass is 278 g/mol. The van der Waals surface area contributed by atoms with Crippen LogP contribution in [0.25, 0.3) is 0 Å². The Morgan fingerprint density at radius 1 is 1.30 bits per heavy atom. The van der Waals surface area contributed by atoms with E-state index in [1.165, 1.54) is 30.4 Å². The molecule has 0 aliphatic rings. The fourth-order valence-electron chi connectivity index (χ4n) is 1.19. The summed E-state index contributed by atoms with van der Waals surface area (Å²) in [5, 5.41) is 37.2. The number of hydrogen-bond donors (Lipinski definition) is 4. The highest BCUT2D eigenvalue weighted by Gasteiger charge is 2.23. The molecule has 0 bridgehead atoms. The summed E-state index contributed by atoms with van der Waals surface area (Å²) in [5.41, 5.74) is 4.60. The van der Waals surface area contributed by atoms with Crippen LogP contribution in [0, 0.1) is 5.92 Å². The lowest BCUT2D eigenvalue weighted by molar-refractivity contribution is -0.101. The molecule has 0 amide bonds. The second kappa shape index (κ2) is 10.5. The Labute approximate surface area is 117 Å². The molecule has 5 nitrogen and oxygen atoms in total. The van der Waals surface area contributed by atoms with E-state index in [0.29, 0.717) is 6.26 Å². The second-order valence-electron chi connectivity index (χ2n) is 3.56. The van der Waals surface area contributed by atoms with Crippen LogP contribution >= 0.6 is 0 Å². The van der Waals surface area contributed by atoms with E-state index in [2.05, 4.69) is 24.6 Å². The topological polar surface area (TPSA) is 90.2 Å². The summed E-state index contributed by atoms with van der Waals surface area (Å²) in [6, 6.07) is 0. The molecule has 0 aromatic rings. The molecule has 4 N–H and O–H groups in total. The fourth-order valence-corrected chi connectivity index (χ4v) is 1.19. The first-order chi connectivity index (χ1) is 9.56. The Morgan fingerprint density at radius 2 is 2.00 bits per heavy atom. The van der Waals surface area contributed by atoms with Crippen LogP contribution in [-0.4, -0.2) is 32.8 Å². The summed E-state index contributed by atoms with van der Waals surface area (Å²) in [4.78, 5) is 0. The number of allylic oxidation sites excluding steroid dienone is 3. The van der Waals surface area contributed by atoms with Crippen LogP contribution in [0.2, 0.25) is 0 Å². The minimum absolute atomic E-state index is 0.0627. The van der Waals surface area contributed by atoms with E-state index in [4.69, 9.17) is 9.84 Å². The number of aliphatic hydroxyl groups excluding tert-OH is 4. The van der Waals surface area contributed by atoms with Gasteiger partial charge in [-0.3, -0.25) is 0 Å². The minimum atomic E-state index is -1.39. The highest BCUT2D eigenvalue weighted by Crippen LogP contribution is 2.15. The molecule has 0 saturated carbocycles. The summed E-state index contributed by atoms with van der Waals surface area (Å²) in [6.07, 6.45) is 5.77. The summed E-state index contributed by atoms with van der Waals surface area (Å²) >= 11 is 0. The Bertz CT molecular complexity index is 463. The molecule has 0 spiro atoms. The molecule has 0 saturated heterocycles. The molecule has 108 valence electrons. The Hall–Kier alpha value is -2.42. The van der Waals surface area contributed by atoms with Crippen molar-refractivity contribution in [2.45, 2.75) is 12.4 Å². The van der Waals surface area contributed by atoms with Gasteiger partial charge >= 0.3 is 0 Å². The van der Waals surface area contributed by atoms with E-state index in [-0.39, 0.29) is 5.76 Å². The van der Waals surface area contributed by atoms with E-state index in [1.54, 1.807) is 0 Å². The van der Waals surface area contributed by atoms with Crippen LogP contribution in [0.4, 0.5) is 0 Å². The molecule has 0 aliphatic heterocycles. The van der Waals surface area contributed by atoms with Crippen LogP contribution < -0.4 is 0 Å². The first-order valence-corrected chi connectivity index (χ1v) is 5.67. The molecule has 0 radical (unpaired) electrons. The normalized spacial score (nSPS) is 15.4. The van der Waals surface area contributed by atoms with Crippen molar-refractivity contribution in [1.82, 2.24) is 0 Å². The third kappa shape index (κ3) is 7.11. The summed E-state index contributed by atoms with van der Waals surface area (Å²) in [6.45, 7) is 6.70. The largest absolute Gasteiger partial charge is 0.508 e. The van der Waals surface area contributed by atoms with Gasteiger partial charge in [0.05, 0.1) is 12.0 Å². The van der Waals surface area contributed by atoms with Gasteiger partial charge in [0, 0.05) is 0 Å². The van der Waals surface area contributed by atoms with Crippen LogP contribution in [0.5, 0.6) is 0 Å². The maximum atomic E-state index is 9.81. The molecule has 0 fully saturated rings. The number of hydrogen-bond acceptors (Lipinski definition) is 5. The standard InChI is InChI=1S/C15H18O5/c1-3-7-14(18)13(9-5-8-12(17)4-2)15(19)20-11-6-10-16/h4-5,7-11,13-19H,1-2H2/t6?,13?,14-,15?/m0/s1. The van der Waals surface area contributed by atoms with Crippen LogP contribution in [0.15, 0.2) is 73.3 Å². The maximum Gasteiger partial charge on any atom is 0.206 e. The van der Waals surface area contributed by atoms with Crippen LogP contribution in [-0.2, 0) is 4.74 Å². The predicted molar refractivity (Wildman–Crippen MR) is 75.6 cm³/mol. The van der Waals surface area contributed by atoms with Crippen molar-refractivity contribution in [3.63, 3.8) is 0 Å². The fraction of sp³-hybridized carbons (Fsp3) is 0.200. The SMILES string of the molecule is C=C=C[C@H](O)C(C=CC=C(O)C=C)C(O)OC=C=CO. The lowest BCUT2D eigenvalue weighted by Crippen LogP contribution is -2.30. The zero-order chi connectivity index (χ0) is 15.4. The van der Waals surface area contributed by atoms with E-state index in [1.807, 2.05) is 0 Å². The van der Waals surface area contributed by atoms with Crippen molar-refractivity contribution >= 4 is 0 Å². The van der Waals surface area contributed by atoms with Crippen molar-refractivity contribution < 1.29 is 25.2 Å². The maximum absolute atomic E-state index is 9.81. The summed E-state index contributed by atoms with van der Waals surface area (Å²) < 4.78 is 4.84. The smallest absolute Gasteiger partial charge is 0.206 e. The van der Waals surface area contributed by atoms with Gasteiger partial charge < -0.3 is 25.2 Å². The van der Waals surface area contributed by atoms with Gasteiger partial charge in [-0.05, 0) is 24.0 Å². The van der Waals surface area contributed by atoms with Crippen molar-refractivity contribution in [2.24, 2.45) is 5.92 Å². The molecule has 0 aromatic carbocycles. The number of aliphatic hydroxyl groups is 4. The van der Waals surface area contributed by atoms with E-state index in [9.17, 15) is 15.3 Å². The van der Waals surface area contributed by atoms with Gasteiger partial charge in [0.25, 0.3) is 0 Å². The van der Waals surface area contributed by atoms with E-state index in [0.717, 1.165) is 6.26 Å². The molecule has 0 aliphatic carbocycles. The molecular formula is C15H18O5. The van der Waals surface area contributed by atoms with Crippen molar-refractivity contribution in [3.8, 4) is 0 Å². The zero-order valence-corrected chi connectivity index (χ0v) is 10.9. The molecule has 0 aromatic heterocycles. The summed E-state index contributed by atoms with van der Waals surface area (Å²) in [7, 11) is 0. The van der Waals surface area contributed by atoms with Gasteiger partial charge in [-0.15, -0.1) is 5.73 Å². The highest BCUT2D eigenvalue weighted by atomic mass is 16.6. The van der Waals surface area contributed by atoms with E-state index >= 15 is 0 Å². The lowest BCUT2D eigenvalue weighted by Gasteiger charge is -2.21. The molecule has 5 heteroatoms. The highest BCUT2D eigenvalue weighted by molar-refractivity contribution is 5.16. The Balaban J connectivity index is 5.02. The molecule has 0 rings (SSSR count). The average molecular weight is 278 g/mol. The van der Waals surface area contributed by atoms with Crippen molar-refractivity contribution in [3.05, 3.63) is 73.3 Å². The molecular weight excluding hydrogens is 260 g/mol. The molecule has 2 unspecified atom stereocenters. The van der Waals surface area contributed by atoms with Crippen molar-refractivity contribution in [1.29, 1.82) is 0 Å². The van der Waals surface area contributed by atoms with E-state index < -0.39 is 18.3 Å². The minimum Gasteiger partial charge on any atom is -0.508 e. The average Bonchev–Trinajstić information content (AvgIpc) is 2.43. The lowest BCUT2D eigenvalue weighted by atomic mass is 10.0. The van der Waals surface area contributed by atoms with Crippen LogP contribution in [0.1, 0.15) is 0 Å². The first-order valence-electron chi connectivity index (χ1n) is 5.67. The van der Waals surface area contributed by atoms with Gasteiger partial charge in [-0.25, -0.2) is 0 Å². The zero-order valence-electron chi connectivity index (χ0n) is 10.9. The Kier molecular flexibility index (Phi) is 9.23. The van der Waals surface area contributed by atoms with Gasteiger partial charge in [0.1, 0.15) is 18.3 Å². The number of ether oxygens (including phenoxy) is 1. The molecule has 0 heterocycles. The predicted octanol–water partition coefficient (Wildman–Crippen LogP) is 2.01. The van der Waals surface area contributed by atoms with Gasteiger partial charge in [-0.1, -0.05) is 25.3 Å². The molecule has 20 heavy (non-hydrogen) atoms. The molecule has 3 atom stereocenters. The summed E-state index contributed by atoms with van der Waals surface area (Å²) in [5.74, 6) is -0.901.